The number of carbonyl (C=O) groups is 4. The Morgan fingerprint density at radius 2 is 1.64 bits per heavy atom. The predicted molar refractivity (Wildman–Crippen MR) is 160 cm³/mol. The molecule has 0 fully saturated rings. The largest absolute Gasteiger partial charge is 0.506 e. The fraction of sp³-hybridized carbons (Fsp3) is 0.290. The van der Waals surface area contributed by atoms with E-state index < -0.39 is 35.9 Å². The van der Waals surface area contributed by atoms with Crippen LogP contribution in [0.1, 0.15) is 38.3 Å². The first kappa shape index (κ1) is 31.5. The monoisotopic (exact) mass is 606 g/mol. The highest BCUT2D eigenvalue weighted by atomic mass is 16.7. The summed E-state index contributed by atoms with van der Waals surface area (Å²) in [5, 5.41) is 29.9. The van der Waals surface area contributed by atoms with Gasteiger partial charge in [0.05, 0.1) is 18.2 Å². The fourth-order valence-corrected chi connectivity index (χ4v) is 4.42. The number of amides is 4. The maximum atomic E-state index is 13.3. The zero-order valence-electron chi connectivity index (χ0n) is 24.2. The number of phenolic OH excluding ortho intramolecular Hbond substituents is 1. The van der Waals surface area contributed by atoms with E-state index in [0.717, 1.165) is 0 Å². The van der Waals surface area contributed by atoms with Gasteiger partial charge in [-0.2, -0.15) is 0 Å². The lowest BCUT2D eigenvalue weighted by Gasteiger charge is -2.24. The average molecular weight is 607 g/mol. The predicted octanol–water partition coefficient (Wildman–Crippen LogP) is 4.01. The van der Waals surface area contributed by atoms with Gasteiger partial charge in [-0.25, -0.2) is 4.79 Å². The molecule has 4 amide bonds. The number of aliphatic carboxylic acids is 1. The molecule has 6 N–H and O–H groups in total. The third kappa shape index (κ3) is 9.02. The highest BCUT2D eigenvalue weighted by Crippen LogP contribution is 2.35. The molecule has 1 heterocycles. The van der Waals surface area contributed by atoms with E-state index in [-0.39, 0.29) is 37.2 Å². The number of fused-ring (bicyclic) bond motifs is 1. The summed E-state index contributed by atoms with van der Waals surface area (Å²) in [6, 6.07) is 15.2. The molecule has 0 radical (unpaired) electrons. The number of para-hydroxylation sites is 2. The number of carboxylic acids is 1. The zero-order valence-corrected chi connectivity index (χ0v) is 24.2. The summed E-state index contributed by atoms with van der Waals surface area (Å²) in [7, 11) is 0. The summed E-state index contributed by atoms with van der Waals surface area (Å²) < 4.78 is 16.3. The topological polar surface area (TPSA) is 185 Å². The Balaban J connectivity index is 1.31. The second kappa shape index (κ2) is 14.6. The van der Waals surface area contributed by atoms with Gasteiger partial charge in [0.15, 0.2) is 18.1 Å². The minimum Gasteiger partial charge on any atom is -0.506 e. The molecule has 2 atom stereocenters. The van der Waals surface area contributed by atoms with Crippen LogP contribution < -0.4 is 35.5 Å². The molecule has 0 saturated heterocycles. The lowest BCUT2D eigenvalue weighted by molar-refractivity contribution is -0.138. The van der Waals surface area contributed by atoms with Crippen molar-refractivity contribution >= 4 is 35.2 Å². The van der Waals surface area contributed by atoms with Crippen molar-refractivity contribution in [2.75, 3.05) is 24.0 Å². The lowest BCUT2D eigenvalue weighted by Crippen LogP contribution is -2.49. The summed E-state index contributed by atoms with van der Waals surface area (Å²) >= 11 is 0. The van der Waals surface area contributed by atoms with E-state index in [1.165, 1.54) is 6.07 Å². The van der Waals surface area contributed by atoms with E-state index in [1.807, 2.05) is 13.8 Å². The van der Waals surface area contributed by atoms with Crippen LogP contribution in [0.2, 0.25) is 0 Å². The molecular weight excluding hydrogens is 572 g/mol. The molecule has 0 spiro atoms. The van der Waals surface area contributed by atoms with E-state index in [4.69, 9.17) is 14.2 Å². The highest BCUT2D eigenvalue weighted by Gasteiger charge is 2.27. The molecule has 0 aromatic heterocycles. The number of hydrogen-bond donors (Lipinski definition) is 6. The molecule has 0 saturated carbocycles. The summed E-state index contributed by atoms with van der Waals surface area (Å²) in [6.45, 7) is 3.46. The van der Waals surface area contributed by atoms with Crippen molar-refractivity contribution in [2.45, 2.75) is 38.8 Å². The molecule has 44 heavy (non-hydrogen) atoms. The standard InChI is InChI=1S/C31H34N4O9/c1-18(2)13-24(30(40)34-23(15-29(38)39)19-7-12-26-27(14-19)44-17-43-26)33-28(37)16-42-21-10-8-20(9-11-21)32-31(41)35-22-5-3-4-6-25(22)36/h3-12,14,18,23-24,36H,13,15-17H2,1-2H3,(H,33,37)(H,34,40)(H,38,39)(H2,32,35,41). The Hall–Kier alpha value is -5.46. The summed E-state index contributed by atoms with van der Waals surface area (Å²) in [5.41, 5.74) is 1.23. The van der Waals surface area contributed by atoms with Crippen LogP contribution in [0.15, 0.2) is 66.7 Å². The minimum absolute atomic E-state index is 0.0403. The van der Waals surface area contributed by atoms with Gasteiger partial charge in [-0.3, -0.25) is 14.4 Å². The van der Waals surface area contributed by atoms with E-state index in [1.54, 1.807) is 60.7 Å². The summed E-state index contributed by atoms with van der Waals surface area (Å²) in [4.78, 5) is 49.8. The van der Waals surface area contributed by atoms with Crippen molar-refractivity contribution in [3.8, 4) is 23.0 Å². The first-order chi connectivity index (χ1) is 21.1. The third-order valence-electron chi connectivity index (χ3n) is 6.49. The Kier molecular flexibility index (Phi) is 10.5. The molecule has 1 aliphatic rings. The molecule has 3 aromatic rings. The van der Waals surface area contributed by atoms with Gasteiger partial charge in [-0.05, 0) is 66.4 Å². The molecule has 0 aliphatic carbocycles. The van der Waals surface area contributed by atoms with E-state index in [2.05, 4.69) is 21.3 Å². The van der Waals surface area contributed by atoms with E-state index in [9.17, 15) is 29.4 Å². The van der Waals surface area contributed by atoms with Crippen molar-refractivity contribution < 1.29 is 43.6 Å². The molecule has 13 heteroatoms. The molecule has 1 aliphatic heterocycles. The van der Waals surface area contributed by atoms with Gasteiger partial charge in [0.1, 0.15) is 17.5 Å². The van der Waals surface area contributed by atoms with E-state index in [0.29, 0.717) is 34.9 Å². The third-order valence-corrected chi connectivity index (χ3v) is 6.49. The number of carbonyl (C=O) groups excluding carboxylic acids is 3. The van der Waals surface area contributed by atoms with Crippen molar-refractivity contribution in [1.82, 2.24) is 10.6 Å². The van der Waals surface area contributed by atoms with Gasteiger partial charge in [-0.15, -0.1) is 0 Å². The Morgan fingerprint density at radius 3 is 2.34 bits per heavy atom. The number of aromatic hydroxyl groups is 1. The molecule has 13 nitrogen and oxygen atoms in total. The van der Waals surface area contributed by atoms with Gasteiger partial charge in [0, 0.05) is 5.69 Å². The van der Waals surface area contributed by atoms with Crippen molar-refractivity contribution in [3.63, 3.8) is 0 Å². The summed E-state index contributed by atoms with van der Waals surface area (Å²) in [6.07, 6.45) is -0.0697. The second-order valence-corrected chi connectivity index (χ2v) is 10.4. The highest BCUT2D eigenvalue weighted by molar-refractivity contribution is 6.00. The number of phenols is 1. The summed E-state index contributed by atoms with van der Waals surface area (Å²) in [5.74, 6) is -0.887. The van der Waals surface area contributed by atoms with Gasteiger partial charge in [0.2, 0.25) is 12.7 Å². The van der Waals surface area contributed by atoms with Gasteiger partial charge in [-0.1, -0.05) is 32.0 Å². The molecule has 2 unspecified atom stereocenters. The maximum absolute atomic E-state index is 13.3. The van der Waals surface area contributed by atoms with Crippen LogP contribution in [0.3, 0.4) is 0 Å². The normalized spacial score (nSPS) is 13.0. The number of carboxylic acid groups (broad SMARTS) is 1. The smallest absolute Gasteiger partial charge is 0.323 e. The number of urea groups is 1. The fourth-order valence-electron chi connectivity index (χ4n) is 4.42. The van der Waals surface area contributed by atoms with Crippen LogP contribution in [-0.2, 0) is 14.4 Å². The minimum atomic E-state index is -1.11. The van der Waals surface area contributed by atoms with Gasteiger partial charge in [0.25, 0.3) is 5.91 Å². The lowest BCUT2D eigenvalue weighted by atomic mass is 10.00. The first-order valence-corrected chi connectivity index (χ1v) is 13.9. The Labute approximate surface area is 253 Å². The van der Waals surface area contributed by atoms with Gasteiger partial charge < -0.3 is 45.7 Å². The van der Waals surface area contributed by atoms with Crippen LogP contribution in [0.5, 0.6) is 23.0 Å². The van der Waals surface area contributed by atoms with Crippen LogP contribution >= 0.6 is 0 Å². The number of anilines is 2. The maximum Gasteiger partial charge on any atom is 0.323 e. The van der Waals surface area contributed by atoms with Gasteiger partial charge >= 0.3 is 12.0 Å². The Morgan fingerprint density at radius 1 is 0.909 bits per heavy atom. The quantitative estimate of drug-likeness (QED) is 0.157. The van der Waals surface area contributed by atoms with Crippen molar-refractivity contribution in [3.05, 3.63) is 72.3 Å². The first-order valence-electron chi connectivity index (χ1n) is 13.9. The second-order valence-electron chi connectivity index (χ2n) is 10.4. The van der Waals surface area contributed by atoms with Crippen LogP contribution in [0.4, 0.5) is 16.2 Å². The number of nitrogens with one attached hydrogen (secondary N) is 4. The number of rotatable bonds is 13. The van der Waals surface area contributed by atoms with Crippen LogP contribution in [-0.4, -0.2) is 53.5 Å². The van der Waals surface area contributed by atoms with Crippen LogP contribution in [0.25, 0.3) is 0 Å². The van der Waals surface area contributed by atoms with Crippen LogP contribution in [0, 0.1) is 5.92 Å². The molecule has 3 aromatic carbocycles. The molecular formula is C31H34N4O9. The molecule has 4 rings (SSSR count). The molecule has 232 valence electrons. The SMILES string of the molecule is CC(C)CC(NC(=O)COc1ccc(NC(=O)Nc2ccccc2O)cc1)C(=O)NC(CC(=O)O)c1ccc2c(c1)OCO2. The average Bonchev–Trinajstić information content (AvgIpc) is 3.45. The molecule has 0 bridgehead atoms. The zero-order chi connectivity index (χ0) is 31.6. The van der Waals surface area contributed by atoms with Crippen molar-refractivity contribution in [1.29, 1.82) is 0 Å². The number of benzene rings is 3. The van der Waals surface area contributed by atoms with E-state index >= 15 is 0 Å². The number of hydrogen-bond acceptors (Lipinski definition) is 8. The Bertz CT molecular complexity index is 1490. The number of ether oxygens (including phenoxy) is 3. The van der Waals surface area contributed by atoms with Crippen molar-refractivity contribution in [2.24, 2.45) is 5.92 Å².